The number of rotatable bonds is 2. The zero-order chi connectivity index (χ0) is 21.4. The van der Waals surface area contributed by atoms with E-state index in [0.29, 0.717) is 11.6 Å². The van der Waals surface area contributed by atoms with E-state index < -0.39 is 0 Å². The summed E-state index contributed by atoms with van der Waals surface area (Å²) >= 11 is 6.28. The fraction of sp³-hybridized carbons (Fsp3) is 0.115. The van der Waals surface area contributed by atoms with Gasteiger partial charge in [0.05, 0.1) is 18.3 Å². The Morgan fingerprint density at radius 3 is 2.55 bits per heavy atom. The SMILES string of the molecule is Cc1c(Cl)cccc1NC(=O)N1Cc2ccccc2-n2cccc2[C@H]1c1ccccc1. The molecule has 31 heavy (non-hydrogen) atoms. The van der Waals surface area contributed by atoms with Gasteiger partial charge in [-0.2, -0.15) is 0 Å². The summed E-state index contributed by atoms with van der Waals surface area (Å²) in [5.41, 5.74) is 5.88. The number of carbonyl (C=O) groups is 1. The van der Waals surface area contributed by atoms with Crippen LogP contribution in [0.5, 0.6) is 0 Å². The molecule has 5 heteroatoms. The van der Waals surface area contributed by atoms with Gasteiger partial charge in [-0.15, -0.1) is 0 Å². The Bertz CT molecular complexity index is 1250. The molecule has 1 N–H and O–H groups in total. The van der Waals surface area contributed by atoms with Crippen molar-refractivity contribution in [2.75, 3.05) is 5.32 Å². The highest BCUT2D eigenvalue weighted by atomic mass is 35.5. The molecule has 5 rings (SSSR count). The van der Waals surface area contributed by atoms with Crippen LogP contribution in [0.2, 0.25) is 5.02 Å². The number of benzene rings is 3. The van der Waals surface area contributed by atoms with E-state index in [0.717, 1.165) is 33.8 Å². The molecule has 3 aromatic carbocycles. The lowest BCUT2D eigenvalue weighted by Crippen LogP contribution is -2.38. The maximum absolute atomic E-state index is 13.7. The van der Waals surface area contributed by atoms with E-state index in [2.05, 4.69) is 46.4 Å². The van der Waals surface area contributed by atoms with Crippen molar-refractivity contribution >= 4 is 23.3 Å². The molecule has 1 aromatic heterocycles. The molecule has 0 bridgehead atoms. The molecule has 2 heterocycles. The Morgan fingerprint density at radius 1 is 0.935 bits per heavy atom. The van der Waals surface area contributed by atoms with E-state index in [-0.39, 0.29) is 12.1 Å². The Kier molecular flexibility index (Phi) is 5.00. The molecule has 0 radical (unpaired) electrons. The van der Waals surface area contributed by atoms with Gasteiger partial charge in [0.25, 0.3) is 0 Å². The fourth-order valence-corrected chi connectivity index (χ4v) is 4.43. The zero-order valence-corrected chi connectivity index (χ0v) is 17.9. The first-order valence-corrected chi connectivity index (χ1v) is 10.6. The van der Waals surface area contributed by atoms with Gasteiger partial charge in [0.2, 0.25) is 0 Å². The highest BCUT2D eigenvalue weighted by Gasteiger charge is 2.33. The number of aromatic nitrogens is 1. The first kappa shape index (κ1) is 19.5. The number of para-hydroxylation sites is 1. The molecule has 0 unspecified atom stereocenters. The van der Waals surface area contributed by atoms with Crippen molar-refractivity contribution in [1.29, 1.82) is 0 Å². The molecule has 1 atom stereocenters. The summed E-state index contributed by atoms with van der Waals surface area (Å²) in [6.07, 6.45) is 2.06. The van der Waals surface area contributed by atoms with Crippen LogP contribution >= 0.6 is 11.6 Å². The van der Waals surface area contributed by atoms with E-state index in [4.69, 9.17) is 11.6 Å². The van der Waals surface area contributed by atoms with Gasteiger partial charge < -0.3 is 14.8 Å². The van der Waals surface area contributed by atoms with Crippen molar-refractivity contribution in [1.82, 2.24) is 9.47 Å². The minimum atomic E-state index is -0.233. The van der Waals surface area contributed by atoms with Crippen LogP contribution in [-0.4, -0.2) is 15.5 Å². The topological polar surface area (TPSA) is 37.3 Å². The van der Waals surface area contributed by atoms with Gasteiger partial charge in [-0.1, -0.05) is 66.2 Å². The van der Waals surface area contributed by atoms with Crippen LogP contribution in [-0.2, 0) is 6.54 Å². The lowest BCUT2D eigenvalue weighted by molar-refractivity contribution is 0.194. The molecule has 154 valence electrons. The molecule has 0 spiro atoms. The van der Waals surface area contributed by atoms with Gasteiger partial charge in [0.15, 0.2) is 0 Å². The van der Waals surface area contributed by atoms with Crippen LogP contribution in [0.15, 0.2) is 91.1 Å². The van der Waals surface area contributed by atoms with Crippen molar-refractivity contribution < 1.29 is 4.79 Å². The summed E-state index contributed by atoms with van der Waals surface area (Å²) in [7, 11) is 0. The lowest BCUT2D eigenvalue weighted by atomic mass is 10.0. The number of amides is 2. The molecule has 0 saturated carbocycles. The monoisotopic (exact) mass is 427 g/mol. The molecule has 0 fully saturated rings. The van der Waals surface area contributed by atoms with Gasteiger partial charge in [-0.05, 0) is 53.9 Å². The maximum atomic E-state index is 13.7. The number of hydrogen-bond donors (Lipinski definition) is 1. The number of nitrogens with zero attached hydrogens (tertiary/aromatic N) is 2. The minimum Gasteiger partial charge on any atom is -0.318 e. The average molecular weight is 428 g/mol. The van der Waals surface area contributed by atoms with E-state index in [1.165, 1.54) is 0 Å². The molecule has 0 saturated heterocycles. The fourth-order valence-electron chi connectivity index (χ4n) is 4.26. The Morgan fingerprint density at radius 2 is 1.71 bits per heavy atom. The van der Waals surface area contributed by atoms with E-state index in [1.807, 2.05) is 66.4 Å². The predicted octanol–water partition coefficient (Wildman–Crippen LogP) is 6.58. The van der Waals surface area contributed by atoms with E-state index in [9.17, 15) is 4.79 Å². The first-order valence-electron chi connectivity index (χ1n) is 10.3. The molecule has 0 aliphatic carbocycles. The van der Waals surface area contributed by atoms with Gasteiger partial charge in [-0.3, -0.25) is 0 Å². The zero-order valence-electron chi connectivity index (χ0n) is 17.1. The molecule has 4 nitrogen and oxygen atoms in total. The molecular formula is C26H22ClN3O. The van der Waals surface area contributed by atoms with Crippen LogP contribution in [0.1, 0.15) is 28.4 Å². The molecule has 1 aliphatic rings. The minimum absolute atomic E-state index is 0.163. The second-order valence-electron chi connectivity index (χ2n) is 7.72. The smallest absolute Gasteiger partial charge is 0.318 e. The summed E-state index contributed by atoms with van der Waals surface area (Å²) in [5, 5.41) is 3.73. The van der Waals surface area contributed by atoms with Crippen molar-refractivity contribution in [2.45, 2.75) is 19.5 Å². The van der Waals surface area contributed by atoms with Crippen LogP contribution in [0, 0.1) is 6.92 Å². The Hall–Kier alpha value is -3.50. The third-order valence-corrected chi connectivity index (χ3v) is 6.26. The highest BCUT2D eigenvalue weighted by molar-refractivity contribution is 6.31. The number of halogens is 1. The van der Waals surface area contributed by atoms with E-state index >= 15 is 0 Å². The summed E-state index contributed by atoms with van der Waals surface area (Å²) in [5.74, 6) is 0. The first-order chi connectivity index (χ1) is 15.1. The second kappa shape index (κ2) is 7.97. The largest absolute Gasteiger partial charge is 0.322 e. The number of urea groups is 1. The van der Waals surface area contributed by atoms with Gasteiger partial charge in [-0.25, -0.2) is 4.79 Å². The molecule has 1 aliphatic heterocycles. The summed E-state index contributed by atoms with van der Waals surface area (Å²) in [6.45, 7) is 2.40. The van der Waals surface area contributed by atoms with Gasteiger partial charge in [0.1, 0.15) is 0 Å². The number of carbonyl (C=O) groups excluding carboxylic acids is 1. The normalized spacial score (nSPS) is 15.0. The second-order valence-corrected chi connectivity index (χ2v) is 8.12. The number of fused-ring (bicyclic) bond motifs is 3. The Labute approximate surface area is 186 Å². The number of nitrogens with one attached hydrogen (secondary N) is 1. The van der Waals surface area contributed by atoms with Gasteiger partial charge in [0, 0.05) is 22.6 Å². The number of anilines is 1. The van der Waals surface area contributed by atoms with Crippen LogP contribution in [0.25, 0.3) is 5.69 Å². The summed E-state index contributed by atoms with van der Waals surface area (Å²) in [4.78, 5) is 15.6. The standard InChI is InChI=1S/C26H22ClN3O/c1-18-21(27)12-7-13-22(18)28-26(31)30-17-20-11-5-6-14-23(20)29-16-8-15-24(29)25(30)19-9-3-2-4-10-19/h2-16,25H,17H2,1H3,(H,28,31)/t25-/m1/s1. The van der Waals surface area contributed by atoms with Crippen molar-refractivity contribution in [3.63, 3.8) is 0 Å². The predicted molar refractivity (Wildman–Crippen MR) is 125 cm³/mol. The van der Waals surface area contributed by atoms with Crippen molar-refractivity contribution in [2.24, 2.45) is 0 Å². The van der Waals surface area contributed by atoms with Crippen molar-refractivity contribution in [3.8, 4) is 5.69 Å². The quantitative estimate of drug-likeness (QED) is 0.385. The third-order valence-electron chi connectivity index (χ3n) is 5.85. The number of hydrogen-bond acceptors (Lipinski definition) is 1. The Balaban J connectivity index is 1.63. The van der Waals surface area contributed by atoms with E-state index in [1.54, 1.807) is 0 Å². The summed E-state index contributed by atoms with van der Waals surface area (Å²) < 4.78 is 2.19. The highest BCUT2D eigenvalue weighted by Crippen LogP contribution is 2.37. The summed E-state index contributed by atoms with van der Waals surface area (Å²) in [6, 6.07) is 27.7. The van der Waals surface area contributed by atoms with Crippen LogP contribution in [0.4, 0.5) is 10.5 Å². The van der Waals surface area contributed by atoms with Crippen molar-refractivity contribution in [3.05, 3.63) is 119 Å². The van der Waals surface area contributed by atoms with Crippen LogP contribution < -0.4 is 5.32 Å². The van der Waals surface area contributed by atoms with Crippen LogP contribution in [0.3, 0.4) is 0 Å². The average Bonchev–Trinajstić information content (AvgIpc) is 3.21. The molecular weight excluding hydrogens is 406 g/mol. The van der Waals surface area contributed by atoms with Gasteiger partial charge >= 0.3 is 6.03 Å². The molecule has 4 aromatic rings. The maximum Gasteiger partial charge on any atom is 0.322 e. The lowest BCUT2D eigenvalue weighted by Gasteiger charge is -2.31. The molecule has 2 amide bonds. The third kappa shape index (κ3) is 3.49.